The Kier molecular flexibility index (Phi) is 5.05. The lowest BCUT2D eigenvalue weighted by Gasteiger charge is -2.30. The molecule has 4 nitrogen and oxygen atoms in total. The number of halogens is 2. The van der Waals surface area contributed by atoms with E-state index in [2.05, 4.69) is 0 Å². The highest BCUT2D eigenvalue weighted by Crippen LogP contribution is 2.31. The second-order valence-electron chi connectivity index (χ2n) is 5.61. The predicted octanol–water partition coefficient (Wildman–Crippen LogP) is 3.82. The van der Waals surface area contributed by atoms with Crippen LogP contribution in [0.2, 0.25) is 4.34 Å². The van der Waals surface area contributed by atoms with Gasteiger partial charge in [0.05, 0.1) is 4.34 Å². The van der Waals surface area contributed by atoms with Gasteiger partial charge in [0.15, 0.2) is 5.78 Å². The van der Waals surface area contributed by atoms with Gasteiger partial charge in [-0.3, -0.25) is 4.79 Å². The number of ketones is 1. The van der Waals surface area contributed by atoms with Crippen molar-refractivity contribution in [3.8, 4) is 0 Å². The van der Waals surface area contributed by atoms with E-state index in [1.54, 1.807) is 6.07 Å². The molecule has 1 fully saturated rings. The zero-order chi connectivity index (χ0) is 17.3. The Hall–Kier alpha value is -1.28. The first-order valence-corrected chi connectivity index (χ1v) is 10.1. The number of carbonyl (C=O) groups excluding carboxylic acids is 1. The number of hydrogen-bond acceptors (Lipinski definition) is 4. The molecule has 0 radical (unpaired) electrons. The van der Waals surface area contributed by atoms with Gasteiger partial charge < -0.3 is 0 Å². The summed E-state index contributed by atoms with van der Waals surface area (Å²) in [5.41, 5.74) is 0.461. The molecule has 0 amide bonds. The predicted molar refractivity (Wildman–Crippen MR) is 91.5 cm³/mol. The molecule has 1 aromatic heterocycles. The second kappa shape index (κ2) is 6.92. The van der Waals surface area contributed by atoms with E-state index in [1.165, 1.54) is 34.6 Å². The maximum atomic E-state index is 12.9. The van der Waals surface area contributed by atoms with Crippen molar-refractivity contribution in [2.24, 2.45) is 5.92 Å². The van der Waals surface area contributed by atoms with Gasteiger partial charge in [0.1, 0.15) is 10.0 Å². The van der Waals surface area contributed by atoms with Gasteiger partial charge in [0.25, 0.3) is 10.0 Å². The molecule has 0 spiro atoms. The van der Waals surface area contributed by atoms with Crippen molar-refractivity contribution in [3.63, 3.8) is 0 Å². The van der Waals surface area contributed by atoms with Crippen LogP contribution in [0, 0.1) is 11.7 Å². The van der Waals surface area contributed by atoms with E-state index in [-0.39, 0.29) is 34.8 Å². The fourth-order valence-corrected chi connectivity index (χ4v) is 5.88. The third-order valence-corrected chi connectivity index (χ3v) is 7.69. The van der Waals surface area contributed by atoms with Crippen LogP contribution in [0.5, 0.6) is 0 Å². The van der Waals surface area contributed by atoms with E-state index in [1.807, 2.05) is 0 Å². The molecule has 0 saturated carbocycles. The quantitative estimate of drug-likeness (QED) is 0.749. The molecule has 24 heavy (non-hydrogen) atoms. The fourth-order valence-electron chi connectivity index (χ4n) is 2.77. The Bertz CT molecular complexity index is 840. The number of rotatable bonds is 4. The number of benzene rings is 1. The molecule has 1 aromatic carbocycles. The molecule has 0 N–H and O–H groups in total. The number of thiophene rings is 1. The van der Waals surface area contributed by atoms with Crippen LogP contribution in [0.15, 0.2) is 40.6 Å². The van der Waals surface area contributed by atoms with E-state index in [9.17, 15) is 17.6 Å². The SMILES string of the molecule is O=C(c1ccc(F)cc1)C1CCN(S(=O)(=O)c2ccc(Cl)s2)CC1. The van der Waals surface area contributed by atoms with Gasteiger partial charge in [0.2, 0.25) is 0 Å². The Balaban J connectivity index is 1.67. The van der Waals surface area contributed by atoms with Gasteiger partial charge >= 0.3 is 0 Å². The number of carbonyl (C=O) groups is 1. The van der Waals surface area contributed by atoms with Crippen molar-refractivity contribution in [1.29, 1.82) is 0 Å². The minimum Gasteiger partial charge on any atom is -0.294 e. The summed E-state index contributed by atoms with van der Waals surface area (Å²) in [5, 5.41) is 0. The summed E-state index contributed by atoms with van der Waals surface area (Å²) >= 11 is 6.84. The molecule has 0 bridgehead atoms. The molecule has 2 aromatic rings. The molecule has 3 rings (SSSR count). The van der Waals surface area contributed by atoms with E-state index in [0.29, 0.717) is 22.7 Å². The van der Waals surface area contributed by atoms with Crippen LogP contribution in [0.4, 0.5) is 4.39 Å². The molecule has 1 aliphatic heterocycles. The number of piperidine rings is 1. The van der Waals surface area contributed by atoms with Gasteiger partial charge in [-0.05, 0) is 49.2 Å². The molecule has 128 valence electrons. The van der Waals surface area contributed by atoms with Gasteiger partial charge in [-0.2, -0.15) is 4.31 Å². The lowest BCUT2D eigenvalue weighted by molar-refractivity contribution is 0.0875. The van der Waals surface area contributed by atoms with Crippen LogP contribution in [0.25, 0.3) is 0 Å². The van der Waals surface area contributed by atoms with E-state index < -0.39 is 10.0 Å². The van der Waals surface area contributed by atoms with Gasteiger partial charge in [0, 0.05) is 24.6 Å². The first-order valence-electron chi connectivity index (χ1n) is 7.43. The highest BCUT2D eigenvalue weighted by atomic mass is 35.5. The maximum Gasteiger partial charge on any atom is 0.252 e. The smallest absolute Gasteiger partial charge is 0.252 e. The standard InChI is InChI=1S/C16H15ClFNO3S2/c17-14-5-6-15(23-14)24(21,22)19-9-7-12(8-10-19)16(20)11-1-3-13(18)4-2-11/h1-6,12H,7-10H2. The third kappa shape index (κ3) is 3.54. The Morgan fingerprint density at radius 3 is 2.29 bits per heavy atom. The minimum absolute atomic E-state index is 0.0637. The number of sulfonamides is 1. The Morgan fingerprint density at radius 2 is 1.75 bits per heavy atom. The first kappa shape index (κ1) is 17.5. The summed E-state index contributed by atoms with van der Waals surface area (Å²) in [5.74, 6) is -0.692. The first-order chi connectivity index (χ1) is 11.4. The van der Waals surface area contributed by atoms with Gasteiger partial charge in [-0.15, -0.1) is 11.3 Å². The van der Waals surface area contributed by atoms with Crippen molar-refractivity contribution in [2.45, 2.75) is 17.1 Å². The van der Waals surface area contributed by atoms with Crippen molar-refractivity contribution in [1.82, 2.24) is 4.31 Å². The summed E-state index contributed by atoms with van der Waals surface area (Å²) in [7, 11) is -3.55. The zero-order valence-electron chi connectivity index (χ0n) is 12.6. The van der Waals surface area contributed by atoms with Gasteiger partial charge in [-0.25, -0.2) is 12.8 Å². The molecule has 0 aliphatic carbocycles. The van der Waals surface area contributed by atoms with E-state index in [4.69, 9.17) is 11.6 Å². The molecule has 2 heterocycles. The highest BCUT2D eigenvalue weighted by Gasteiger charge is 2.33. The Morgan fingerprint density at radius 1 is 1.12 bits per heavy atom. The average molecular weight is 388 g/mol. The van der Waals surface area contributed by atoms with Crippen LogP contribution in [-0.4, -0.2) is 31.6 Å². The molecule has 0 atom stereocenters. The molecule has 1 aliphatic rings. The number of hydrogen-bond donors (Lipinski definition) is 0. The molecule has 8 heteroatoms. The largest absolute Gasteiger partial charge is 0.294 e. The molecule has 1 saturated heterocycles. The van der Waals surface area contributed by atoms with Gasteiger partial charge in [-0.1, -0.05) is 11.6 Å². The van der Waals surface area contributed by atoms with Crippen molar-refractivity contribution in [3.05, 3.63) is 52.1 Å². The highest BCUT2D eigenvalue weighted by molar-refractivity contribution is 7.91. The van der Waals surface area contributed by atoms with Crippen molar-refractivity contribution >= 4 is 38.7 Å². The Labute approximate surface area is 148 Å². The summed E-state index contributed by atoms with van der Waals surface area (Å²) < 4.78 is 40.1. The van der Waals surface area contributed by atoms with Crippen LogP contribution in [-0.2, 0) is 10.0 Å². The van der Waals surface area contributed by atoms with Crippen LogP contribution < -0.4 is 0 Å². The van der Waals surface area contributed by atoms with Crippen molar-refractivity contribution < 1.29 is 17.6 Å². The topological polar surface area (TPSA) is 54.5 Å². The monoisotopic (exact) mass is 387 g/mol. The van der Waals surface area contributed by atoms with E-state index >= 15 is 0 Å². The number of Topliss-reactive ketones (excluding diaryl/α,β-unsaturated/α-hetero) is 1. The lowest BCUT2D eigenvalue weighted by atomic mass is 9.90. The molecular formula is C16H15ClFNO3S2. The summed E-state index contributed by atoms with van der Waals surface area (Å²) in [6.07, 6.45) is 0.906. The minimum atomic E-state index is -3.55. The van der Waals surface area contributed by atoms with Crippen molar-refractivity contribution in [2.75, 3.05) is 13.1 Å². The molecule has 0 unspecified atom stereocenters. The molecular weight excluding hydrogens is 373 g/mol. The third-order valence-electron chi connectivity index (χ3n) is 4.10. The summed E-state index contributed by atoms with van der Waals surface area (Å²) in [4.78, 5) is 12.4. The van der Waals surface area contributed by atoms with Crippen LogP contribution >= 0.6 is 22.9 Å². The fraction of sp³-hybridized carbons (Fsp3) is 0.312. The maximum absolute atomic E-state index is 12.9. The zero-order valence-corrected chi connectivity index (χ0v) is 15.0. The van der Waals surface area contributed by atoms with Crippen LogP contribution in [0.1, 0.15) is 23.2 Å². The second-order valence-corrected chi connectivity index (χ2v) is 9.49. The van der Waals surface area contributed by atoms with Crippen LogP contribution in [0.3, 0.4) is 0 Å². The number of nitrogens with zero attached hydrogens (tertiary/aromatic N) is 1. The average Bonchev–Trinajstić information content (AvgIpc) is 3.02. The summed E-state index contributed by atoms with van der Waals surface area (Å²) in [6, 6.07) is 8.51. The normalized spacial score (nSPS) is 17.1. The summed E-state index contributed by atoms with van der Waals surface area (Å²) in [6.45, 7) is 0.574. The lowest BCUT2D eigenvalue weighted by Crippen LogP contribution is -2.40. The van der Waals surface area contributed by atoms with E-state index in [0.717, 1.165) is 11.3 Å².